The highest BCUT2D eigenvalue weighted by Gasteiger charge is 2.04. The van der Waals surface area contributed by atoms with Gasteiger partial charge in [-0.15, -0.1) is 0 Å². The number of pyridine rings is 1. The molecular weight excluding hydrogens is 226 g/mol. The molecule has 0 aromatic carbocycles. The Morgan fingerprint density at radius 2 is 2.22 bits per heavy atom. The Hall–Kier alpha value is -1.81. The average Bonchev–Trinajstić information content (AvgIpc) is 2.76. The summed E-state index contributed by atoms with van der Waals surface area (Å²) in [6, 6.07) is 8.09. The first-order valence-corrected chi connectivity index (χ1v) is 6.03. The third-order valence-electron chi connectivity index (χ3n) is 2.83. The number of aromatic nitrogens is 2. The molecule has 1 N–H and O–H groups in total. The van der Waals surface area contributed by atoms with Crippen LogP contribution in [-0.2, 0) is 13.1 Å². The third-order valence-corrected chi connectivity index (χ3v) is 2.83. The minimum Gasteiger partial charge on any atom is -0.497 e. The van der Waals surface area contributed by atoms with Crippen LogP contribution in [0.3, 0.4) is 0 Å². The van der Waals surface area contributed by atoms with Gasteiger partial charge >= 0.3 is 0 Å². The van der Waals surface area contributed by atoms with Crippen molar-refractivity contribution in [1.82, 2.24) is 14.9 Å². The molecule has 4 heteroatoms. The van der Waals surface area contributed by atoms with Crippen molar-refractivity contribution in [2.45, 2.75) is 20.0 Å². The monoisotopic (exact) mass is 245 g/mol. The number of rotatable bonds is 5. The fourth-order valence-corrected chi connectivity index (χ4v) is 2.02. The van der Waals surface area contributed by atoms with Crippen LogP contribution >= 0.6 is 0 Å². The molecule has 0 unspecified atom stereocenters. The molecule has 96 valence electrons. The summed E-state index contributed by atoms with van der Waals surface area (Å²) in [6.45, 7) is 3.61. The number of hydrogen-bond donors (Lipinski definition) is 1. The van der Waals surface area contributed by atoms with Gasteiger partial charge in [-0.1, -0.05) is 0 Å². The molecule has 2 aromatic heterocycles. The zero-order chi connectivity index (χ0) is 13.0. The number of nitrogens with one attached hydrogen (secondary N) is 1. The summed E-state index contributed by atoms with van der Waals surface area (Å²) < 4.78 is 7.46. The van der Waals surface area contributed by atoms with E-state index in [-0.39, 0.29) is 0 Å². The molecule has 0 aliphatic carbocycles. The molecule has 0 radical (unpaired) electrons. The maximum absolute atomic E-state index is 5.27. The summed E-state index contributed by atoms with van der Waals surface area (Å²) >= 11 is 0. The van der Waals surface area contributed by atoms with Crippen molar-refractivity contribution in [2.24, 2.45) is 0 Å². The van der Waals surface area contributed by atoms with Gasteiger partial charge in [0.15, 0.2) is 0 Å². The number of nitrogens with zero attached hydrogens (tertiary/aromatic N) is 2. The first-order valence-electron chi connectivity index (χ1n) is 6.03. The summed E-state index contributed by atoms with van der Waals surface area (Å²) in [6.07, 6.45) is 2.07. The second-order valence-corrected chi connectivity index (χ2v) is 4.30. The fraction of sp³-hybridized carbons (Fsp3) is 0.357. The van der Waals surface area contributed by atoms with Crippen LogP contribution in [0.15, 0.2) is 30.5 Å². The van der Waals surface area contributed by atoms with Gasteiger partial charge in [-0.25, -0.2) is 0 Å². The van der Waals surface area contributed by atoms with Crippen LogP contribution in [0.1, 0.15) is 17.1 Å². The summed E-state index contributed by atoms with van der Waals surface area (Å²) in [5.41, 5.74) is 3.24. The van der Waals surface area contributed by atoms with Crippen LogP contribution in [0.2, 0.25) is 0 Å². The van der Waals surface area contributed by atoms with E-state index in [1.165, 1.54) is 5.69 Å². The Labute approximate surface area is 108 Å². The molecule has 0 aliphatic heterocycles. The summed E-state index contributed by atoms with van der Waals surface area (Å²) in [5.74, 6) is 0.861. The molecule has 0 saturated carbocycles. The molecule has 4 nitrogen and oxygen atoms in total. The highest BCUT2D eigenvalue weighted by molar-refractivity contribution is 5.27. The highest BCUT2D eigenvalue weighted by atomic mass is 16.5. The van der Waals surface area contributed by atoms with E-state index >= 15 is 0 Å². The predicted molar refractivity (Wildman–Crippen MR) is 71.8 cm³/mol. The Bertz CT molecular complexity index is 520. The zero-order valence-electron chi connectivity index (χ0n) is 11.1. The number of aryl methyl sites for hydroxylation is 1. The lowest BCUT2D eigenvalue weighted by atomic mass is 10.3. The molecule has 0 saturated heterocycles. The first-order chi connectivity index (χ1) is 8.72. The Kier molecular flexibility index (Phi) is 3.99. The van der Waals surface area contributed by atoms with E-state index in [9.17, 15) is 0 Å². The molecule has 2 heterocycles. The van der Waals surface area contributed by atoms with E-state index in [0.29, 0.717) is 0 Å². The molecule has 0 spiro atoms. The fourth-order valence-electron chi connectivity index (χ4n) is 2.02. The van der Waals surface area contributed by atoms with Crippen LogP contribution < -0.4 is 10.1 Å². The summed E-state index contributed by atoms with van der Waals surface area (Å²) in [7, 11) is 3.63. The van der Waals surface area contributed by atoms with Crippen molar-refractivity contribution in [1.29, 1.82) is 0 Å². The molecule has 18 heavy (non-hydrogen) atoms. The largest absolute Gasteiger partial charge is 0.497 e. The first kappa shape index (κ1) is 12.6. The van der Waals surface area contributed by atoms with E-state index in [4.69, 9.17) is 4.74 Å². The molecular formula is C14H19N3O. The van der Waals surface area contributed by atoms with Gasteiger partial charge in [0, 0.05) is 36.3 Å². The van der Waals surface area contributed by atoms with Gasteiger partial charge < -0.3 is 14.6 Å². The van der Waals surface area contributed by atoms with Crippen LogP contribution in [-0.4, -0.2) is 23.7 Å². The standard InChI is InChI=1S/C14H19N3O/c1-11-7-14(18-3)8-12(16-11)10-17-6-4-5-13(17)9-15-2/h4-8,15H,9-10H2,1-3H3. The van der Waals surface area contributed by atoms with E-state index in [2.05, 4.69) is 33.2 Å². The van der Waals surface area contributed by atoms with Crippen LogP contribution in [0.5, 0.6) is 5.75 Å². The second-order valence-electron chi connectivity index (χ2n) is 4.30. The second kappa shape index (κ2) is 5.69. The Morgan fingerprint density at radius 3 is 2.94 bits per heavy atom. The van der Waals surface area contributed by atoms with Crippen LogP contribution in [0, 0.1) is 6.92 Å². The molecule has 2 aromatic rings. The van der Waals surface area contributed by atoms with Gasteiger partial charge in [0.2, 0.25) is 0 Å². The van der Waals surface area contributed by atoms with Crippen molar-refractivity contribution in [2.75, 3.05) is 14.2 Å². The maximum Gasteiger partial charge on any atom is 0.122 e. The van der Waals surface area contributed by atoms with E-state index < -0.39 is 0 Å². The van der Waals surface area contributed by atoms with Crippen molar-refractivity contribution in [3.63, 3.8) is 0 Å². The predicted octanol–water partition coefficient (Wildman–Crippen LogP) is 1.97. The van der Waals surface area contributed by atoms with Crippen molar-refractivity contribution in [3.05, 3.63) is 47.5 Å². The Morgan fingerprint density at radius 1 is 1.39 bits per heavy atom. The molecule has 0 fully saturated rings. The Balaban J connectivity index is 2.22. The molecule has 0 atom stereocenters. The molecule has 0 aliphatic rings. The topological polar surface area (TPSA) is 39.1 Å². The van der Waals surface area contributed by atoms with Crippen LogP contribution in [0.25, 0.3) is 0 Å². The smallest absolute Gasteiger partial charge is 0.122 e. The number of hydrogen-bond acceptors (Lipinski definition) is 3. The van der Waals surface area contributed by atoms with E-state index in [1.54, 1.807) is 7.11 Å². The third kappa shape index (κ3) is 2.90. The normalized spacial score (nSPS) is 10.6. The lowest BCUT2D eigenvalue weighted by Crippen LogP contribution is -2.12. The van der Waals surface area contributed by atoms with Crippen molar-refractivity contribution >= 4 is 0 Å². The summed E-state index contributed by atoms with van der Waals surface area (Å²) in [5, 5.41) is 3.16. The maximum atomic E-state index is 5.27. The zero-order valence-corrected chi connectivity index (χ0v) is 11.1. The van der Waals surface area contributed by atoms with E-state index in [1.807, 2.05) is 26.1 Å². The van der Waals surface area contributed by atoms with Gasteiger partial charge in [-0.05, 0) is 26.1 Å². The lowest BCUT2D eigenvalue weighted by molar-refractivity contribution is 0.412. The van der Waals surface area contributed by atoms with Gasteiger partial charge in [-0.3, -0.25) is 4.98 Å². The van der Waals surface area contributed by atoms with Gasteiger partial charge in [-0.2, -0.15) is 0 Å². The SMILES string of the molecule is CNCc1cccn1Cc1cc(OC)cc(C)n1. The van der Waals surface area contributed by atoms with Crippen molar-refractivity contribution < 1.29 is 4.74 Å². The van der Waals surface area contributed by atoms with Crippen molar-refractivity contribution in [3.8, 4) is 5.75 Å². The van der Waals surface area contributed by atoms with Crippen LogP contribution in [0.4, 0.5) is 0 Å². The highest BCUT2D eigenvalue weighted by Crippen LogP contribution is 2.15. The number of methoxy groups -OCH3 is 1. The van der Waals surface area contributed by atoms with Gasteiger partial charge in [0.05, 0.1) is 19.3 Å². The molecule has 0 bridgehead atoms. The summed E-state index contributed by atoms with van der Waals surface area (Å²) in [4.78, 5) is 4.54. The van der Waals surface area contributed by atoms with Gasteiger partial charge in [0.25, 0.3) is 0 Å². The average molecular weight is 245 g/mol. The van der Waals surface area contributed by atoms with E-state index in [0.717, 1.165) is 30.2 Å². The minimum atomic E-state index is 0.766. The molecule has 0 amide bonds. The molecule has 2 rings (SSSR count). The number of ether oxygens (including phenoxy) is 1. The van der Waals surface area contributed by atoms with Gasteiger partial charge in [0.1, 0.15) is 5.75 Å². The lowest BCUT2D eigenvalue weighted by Gasteiger charge is -2.10. The minimum absolute atomic E-state index is 0.766. The quantitative estimate of drug-likeness (QED) is 0.875.